The van der Waals surface area contributed by atoms with Crippen molar-refractivity contribution in [3.8, 4) is 0 Å². The second kappa shape index (κ2) is 6.08. The molecule has 0 aliphatic heterocycles. The minimum Gasteiger partial charge on any atom is -0.478 e. The summed E-state index contributed by atoms with van der Waals surface area (Å²) in [5, 5.41) is 9.39. The van der Waals surface area contributed by atoms with Crippen LogP contribution in [0.4, 0.5) is 4.39 Å². The molecule has 2 aromatic rings. The Hall–Kier alpha value is -1.52. The van der Waals surface area contributed by atoms with Gasteiger partial charge in [0, 0.05) is 15.7 Å². The molecule has 0 atom stereocenters. The highest BCUT2D eigenvalue weighted by Crippen LogP contribution is 2.28. The lowest BCUT2D eigenvalue weighted by molar-refractivity contribution is 0.0693. The normalized spacial score (nSPS) is 10.4. The topological polar surface area (TPSA) is 37.3 Å². The molecule has 0 fully saturated rings. The lowest BCUT2D eigenvalue weighted by Gasteiger charge is -2.06. The average molecular weight is 297 g/mol. The monoisotopic (exact) mass is 296 g/mol. The Balaban J connectivity index is 2.17. The van der Waals surface area contributed by atoms with E-state index in [1.165, 1.54) is 23.9 Å². The lowest BCUT2D eigenvalue weighted by atomic mass is 10.2. The highest BCUT2D eigenvalue weighted by molar-refractivity contribution is 7.98. The number of rotatable bonds is 4. The zero-order valence-corrected chi connectivity index (χ0v) is 11.3. The summed E-state index contributed by atoms with van der Waals surface area (Å²) in [6, 6.07) is 11.1. The summed E-state index contributed by atoms with van der Waals surface area (Å²) in [6.07, 6.45) is 0. The zero-order valence-electron chi connectivity index (χ0n) is 9.77. The Kier molecular flexibility index (Phi) is 4.45. The number of thioether (sulfide) groups is 1. The summed E-state index contributed by atoms with van der Waals surface area (Å²) in [4.78, 5) is 11.7. The number of carbonyl (C=O) groups is 1. The molecule has 19 heavy (non-hydrogen) atoms. The first-order valence-corrected chi connectivity index (χ1v) is 6.83. The third-order valence-electron chi connectivity index (χ3n) is 2.52. The molecule has 0 aliphatic rings. The maximum absolute atomic E-state index is 13.6. The molecular weight excluding hydrogens is 287 g/mol. The molecule has 0 spiro atoms. The van der Waals surface area contributed by atoms with Gasteiger partial charge < -0.3 is 5.11 Å². The van der Waals surface area contributed by atoms with E-state index in [4.69, 9.17) is 16.7 Å². The number of halogens is 2. The molecule has 0 aromatic heterocycles. The molecule has 1 N–H and O–H groups in total. The van der Waals surface area contributed by atoms with Crippen molar-refractivity contribution in [1.29, 1.82) is 0 Å². The van der Waals surface area contributed by atoms with Gasteiger partial charge in [-0.05, 0) is 29.8 Å². The molecule has 0 amide bonds. The van der Waals surface area contributed by atoms with Crippen molar-refractivity contribution < 1.29 is 14.3 Å². The van der Waals surface area contributed by atoms with Crippen LogP contribution < -0.4 is 0 Å². The SMILES string of the molecule is O=C(O)c1ccccc1SCc1ccc(Cl)cc1F. The average Bonchev–Trinajstić information content (AvgIpc) is 2.38. The fraction of sp³-hybridized carbons (Fsp3) is 0.0714. The molecule has 2 aromatic carbocycles. The predicted octanol–water partition coefficient (Wildman–Crippen LogP) is 4.47. The largest absolute Gasteiger partial charge is 0.478 e. The van der Waals surface area contributed by atoms with Crippen molar-refractivity contribution in [2.45, 2.75) is 10.6 Å². The van der Waals surface area contributed by atoms with Crippen molar-refractivity contribution >= 4 is 29.3 Å². The van der Waals surface area contributed by atoms with Crippen LogP contribution in [0.1, 0.15) is 15.9 Å². The Morgan fingerprint density at radius 1 is 1.26 bits per heavy atom. The summed E-state index contributed by atoms with van der Waals surface area (Å²) in [6.45, 7) is 0. The molecule has 98 valence electrons. The maximum Gasteiger partial charge on any atom is 0.336 e. The van der Waals surface area contributed by atoms with Gasteiger partial charge in [-0.1, -0.05) is 29.8 Å². The van der Waals surface area contributed by atoms with E-state index in [1.54, 1.807) is 30.3 Å². The van der Waals surface area contributed by atoms with Gasteiger partial charge >= 0.3 is 5.97 Å². The van der Waals surface area contributed by atoms with Crippen LogP contribution in [0, 0.1) is 5.82 Å². The van der Waals surface area contributed by atoms with Crippen LogP contribution >= 0.6 is 23.4 Å². The Morgan fingerprint density at radius 3 is 2.68 bits per heavy atom. The van der Waals surface area contributed by atoms with Gasteiger partial charge in [-0.3, -0.25) is 0 Å². The van der Waals surface area contributed by atoms with Gasteiger partial charge in [0.2, 0.25) is 0 Å². The maximum atomic E-state index is 13.6. The predicted molar refractivity (Wildman–Crippen MR) is 74.4 cm³/mol. The van der Waals surface area contributed by atoms with Crippen molar-refractivity contribution in [1.82, 2.24) is 0 Å². The van der Waals surface area contributed by atoms with Crippen molar-refractivity contribution in [3.63, 3.8) is 0 Å². The van der Waals surface area contributed by atoms with Crippen molar-refractivity contribution in [3.05, 3.63) is 64.4 Å². The number of carboxylic acid groups (broad SMARTS) is 1. The van der Waals surface area contributed by atoms with Gasteiger partial charge in [-0.15, -0.1) is 11.8 Å². The van der Waals surface area contributed by atoms with Gasteiger partial charge in [-0.25, -0.2) is 9.18 Å². The van der Waals surface area contributed by atoms with E-state index in [0.717, 1.165) is 0 Å². The van der Waals surface area contributed by atoms with Gasteiger partial charge in [0.25, 0.3) is 0 Å². The van der Waals surface area contributed by atoms with Crippen LogP contribution in [0.15, 0.2) is 47.4 Å². The summed E-state index contributed by atoms with van der Waals surface area (Å²) < 4.78 is 13.6. The first-order chi connectivity index (χ1) is 9.08. The summed E-state index contributed by atoms with van der Waals surface area (Å²) in [7, 11) is 0. The van der Waals surface area contributed by atoms with Crippen LogP contribution in [0.5, 0.6) is 0 Å². The molecular formula is C14H10ClFO2S. The number of benzene rings is 2. The third kappa shape index (κ3) is 3.49. The second-order valence-electron chi connectivity index (χ2n) is 3.83. The molecule has 0 saturated carbocycles. The highest BCUT2D eigenvalue weighted by Gasteiger charge is 2.10. The molecule has 0 radical (unpaired) electrons. The fourth-order valence-electron chi connectivity index (χ4n) is 1.56. The Labute approximate surface area is 119 Å². The fourth-order valence-corrected chi connectivity index (χ4v) is 2.75. The Morgan fingerprint density at radius 2 is 2.00 bits per heavy atom. The standard InChI is InChI=1S/C14H10ClFO2S/c15-10-6-5-9(12(16)7-10)8-19-13-4-2-1-3-11(13)14(17)18/h1-7H,8H2,(H,17,18). The number of hydrogen-bond donors (Lipinski definition) is 1. The molecule has 0 heterocycles. The van der Waals surface area contributed by atoms with E-state index in [-0.39, 0.29) is 11.4 Å². The summed E-state index contributed by atoms with van der Waals surface area (Å²) in [5.74, 6) is -1.01. The van der Waals surface area contributed by atoms with Gasteiger partial charge in [0.05, 0.1) is 5.56 Å². The molecule has 0 aliphatic carbocycles. The highest BCUT2D eigenvalue weighted by atomic mass is 35.5. The summed E-state index contributed by atoms with van der Waals surface area (Å²) >= 11 is 6.96. The quantitative estimate of drug-likeness (QED) is 0.846. The lowest BCUT2D eigenvalue weighted by Crippen LogP contribution is -1.98. The van der Waals surface area contributed by atoms with E-state index < -0.39 is 5.97 Å². The molecule has 2 rings (SSSR count). The van der Waals surface area contributed by atoms with Crippen LogP contribution in [-0.4, -0.2) is 11.1 Å². The van der Waals surface area contributed by atoms with Gasteiger partial charge in [0.15, 0.2) is 0 Å². The third-order valence-corrected chi connectivity index (χ3v) is 3.87. The number of carboxylic acids is 1. The summed E-state index contributed by atoms with van der Waals surface area (Å²) in [5.41, 5.74) is 0.719. The van der Waals surface area contributed by atoms with E-state index >= 15 is 0 Å². The minimum atomic E-state index is -0.986. The van der Waals surface area contributed by atoms with Crippen molar-refractivity contribution in [2.24, 2.45) is 0 Å². The van der Waals surface area contributed by atoms with Gasteiger partial charge in [-0.2, -0.15) is 0 Å². The van der Waals surface area contributed by atoms with E-state index in [1.807, 2.05) is 0 Å². The molecule has 5 heteroatoms. The Bertz CT molecular complexity index is 616. The van der Waals surface area contributed by atoms with Crippen LogP contribution in [0.25, 0.3) is 0 Å². The smallest absolute Gasteiger partial charge is 0.336 e. The molecule has 0 unspecified atom stereocenters. The molecule has 0 saturated heterocycles. The van der Waals surface area contributed by atoms with Crippen LogP contribution in [-0.2, 0) is 5.75 Å². The van der Waals surface area contributed by atoms with Gasteiger partial charge in [0.1, 0.15) is 5.82 Å². The van der Waals surface area contributed by atoms with E-state index in [0.29, 0.717) is 21.2 Å². The second-order valence-corrected chi connectivity index (χ2v) is 5.28. The van der Waals surface area contributed by atoms with Crippen LogP contribution in [0.3, 0.4) is 0 Å². The zero-order chi connectivity index (χ0) is 13.8. The first kappa shape index (κ1) is 13.9. The number of aromatic carboxylic acids is 1. The molecule has 0 bridgehead atoms. The van der Waals surface area contributed by atoms with E-state index in [9.17, 15) is 9.18 Å². The van der Waals surface area contributed by atoms with E-state index in [2.05, 4.69) is 0 Å². The van der Waals surface area contributed by atoms with Crippen LogP contribution in [0.2, 0.25) is 5.02 Å². The number of hydrogen-bond acceptors (Lipinski definition) is 2. The molecule has 2 nitrogen and oxygen atoms in total. The minimum absolute atomic E-state index is 0.224. The first-order valence-electron chi connectivity index (χ1n) is 5.47. The van der Waals surface area contributed by atoms with Crippen molar-refractivity contribution in [2.75, 3.05) is 0 Å².